The van der Waals surface area contributed by atoms with E-state index >= 15 is 0 Å². The molecule has 3 N–H and O–H groups in total. The molecule has 3 fully saturated rings. The van der Waals surface area contributed by atoms with E-state index in [2.05, 4.69) is 27.4 Å². The van der Waals surface area contributed by atoms with Crippen molar-refractivity contribution in [3.05, 3.63) is 0 Å². The van der Waals surface area contributed by atoms with Crippen LogP contribution in [0.5, 0.6) is 0 Å². The first-order valence-electron chi connectivity index (χ1n) is 9.70. The Kier molecular flexibility index (Phi) is 8.07. The highest BCUT2D eigenvalue weighted by atomic mass is 127. The summed E-state index contributed by atoms with van der Waals surface area (Å²) < 4.78 is 0. The van der Waals surface area contributed by atoms with Crippen LogP contribution in [0.4, 0.5) is 0 Å². The fraction of sp³-hybridized carbons (Fsp3) is 0.944. The number of nitrogens with zero attached hydrogens (tertiary/aromatic N) is 2. The van der Waals surface area contributed by atoms with Gasteiger partial charge in [-0.15, -0.1) is 24.0 Å². The van der Waals surface area contributed by atoms with E-state index in [0.29, 0.717) is 12.6 Å². The summed E-state index contributed by atoms with van der Waals surface area (Å²) in [5.74, 6) is 0.881. The second-order valence-corrected chi connectivity index (χ2v) is 7.69. The van der Waals surface area contributed by atoms with Gasteiger partial charge in [0, 0.05) is 31.7 Å². The minimum absolute atomic E-state index is 0. The molecule has 0 aromatic carbocycles. The summed E-state index contributed by atoms with van der Waals surface area (Å²) in [5.41, 5.74) is -0.562. The van der Waals surface area contributed by atoms with Crippen LogP contribution in [0.25, 0.3) is 0 Å². The predicted octanol–water partition coefficient (Wildman–Crippen LogP) is 2.48. The first-order chi connectivity index (χ1) is 11.2. The normalized spacial score (nSPS) is 28.1. The van der Waals surface area contributed by atoms with E-state index < -0.39 is 5.60 Å². The Bertz CT molecular complexity index is 406. The maximum Gasteiger partial charge on any atom is 0.191 e. The number of aliphatic imine (C=N–C) groups is 1. The Morgan fingerprint density at radius 2 is 1.88 bits per heavy atom. The van der Waals surface area contributed by atoms with Gasteiger partial charge >= 0.3 is 0 Å². The smallest absolute Gasteiger partial charge is 0.191 e. The van der Waals surface area contributed by atoms with Crippen molar-refractivity contribution >= 4 is 29.9 Å². The van der Waals surface area contributed by atoms with Crippen molar-refractivity contribution in [2.45, 2.75) is 82.4 Å². The third kappa shape index (κ3) is 5.46. The van der Waals surface area contributed by atoms with Crippen LogP contribution in [0.1, 0.15) is 64.7 Å². The van der Waals surface area contributed by atoms with Crippen LogP contribution in [0.3, 0.4) is 0 Å². The zero-order chi connectivity index (χ0) is 16.1. The predicted molar refractivity (Wildman–Crippen MR) is 110 cm³/mol. The summed E-state index contributed by atoms with van der Waals surface area (Å²) in [7, 11) is 0. The molecule has 6 heteroatoms. The van der Waals surface area contributed by atoms with Crippen LogP contribution in [0.15, 0.2) is 4.99 Å². The molecule has 5 nitrogen and oxygen atoms in total. The van der Waals surface area contributed by atoms with Crippen molar-refractivity contribution in [1.29, 1.82) is 0 Å². The molecule has 0 bridgehead atoms. The molecule has 0 radical (unpaired) electrons. The van der Waals surface area contributed by atoms with Crippen LogP contribution in [-0.2, 0) is 0 Å². The molecule has 0 aromatic rings. The topological polar surface area (TPSA) is 59.9 Å². The number of halogens is 1. The standard InChI is InChI=1S/C18H34N4O.HI/c1-2-19-17(20-14-18(23)10-5-6-11-18)21-15-9-12-22(13-15)16-7-3-4-8-16;/h15-16,23H,2-14H2,1H3,(H2,19,20,21);1H. The maximum atomic E-state index is 10.5. The van der Waals surface area contributed by atoms with E-state index in [1.807, 2.05) is 0 Å². The third-order valence-electron chi connectivity index (χ3n) is 5.81. The molecule has 1 atom stereocenters. The van der Waals surface area contributed by atoms with Crippen LogP contribution in [0.2, 0.25) is 0 Å². The van der Waals surface area contributed by atoms with Gasteiger partial charge in [0.25, 0.3) is 0 Å². The van der Waals surface area contributed by atoms with Crippen LogP contribution >= 0.6 is 24.0 Å². The quantitative estimate of drug-likeness (QED) is 0.342. The Labute approximate surface area is 164 Å². The van der Waals surface area contributed by atoms with E-state index in [1.54, 1.807) is 0 Å². The van der Waals surface area contributed by atoms with E-state index in [0.717, 1.165) is 50.8 Å². The van der Waals surface area contributed by atoms with Gasteiger partial charge in [-0.3, -0.25) is 9.89 Å². The first-order valence-corrected chi connectivity index (χ1v) is 9.70. The molecule has 0 amide bonds. The molecule has 0 aromatic heterocycles. The monoisotopic (exact) mass is 450 g/mol. The number of hydrogen-bond acceptors (Lipinski definition) is 3. The van der Waals surface area contributed by atoms with Gasteiger partial charge in [-0.2, -0.15) is 0 Å². The summed E-state index contributed by atoms with van der Waals surface area (Å²) in [6, 6.07) is 1.31. The summed E-state index contributed by atoms with van der Waals surface area (Å²) in [6.45, 7) is 5.84. The van der Waals surface area contributed by atoms with Crippen molar-refractivity contribution in [1.82, 2.24) is 15.5 Å². The molecule has 1 unspecified atom stereocenters. The fourth-order valence-corrected chi connectivity index (χ4v) is 4.44. The lowest BCUT2D eigenvalue weighted by atomic mass is 10.0. The summed E-state index contributed by atoms with van der Waals surface area (Å²) in [6.07, 6.45) is 10.8. The van der Waals surface area contributed by atoms with Gasteiger partial charge in [0.05, 0.1) is 12.1 Å². The van der Waals surface area contributed by atoms with Crippen LogP contribution in [0, 0.1) is 0 Å². The van der Waals surface area contributed by atoms with Crippen molar-refractivity contribution in [3.8, 4) is 0 Å². The summed E-state index contributed by atoms with van der Waals surface area (Å²) in [4.78, 5) is 7.34. The Balaban J connectivity index is 0.00000208. The first kappa shape index (κ1) is 20.2. The highest BCUT2D eigenvalue weighted by Crippen LogP contribution is 2.29. The van der Waals surface area contributed by atoms with Crippen molar-refractivity contribution in [3.63, 3.8) is 0 Å². The van der Waals surface area contributed by atoms with Crippen LogP contribution < -0.4 is 10.6 Å². The number of guanidine groups is 1. The summed E-state index contributed by atoms with van der Waals surface area (Å²) in [5, 5.41) is 17.4. The minimum Gasteiger partial charge on any atom is -0.388 e. The zero-order valence-corrected chi connectivity index (χ0v) is 17.4. The van der Waals surface area contributed by atoms with E-state index in [9.17, 15) is 5.11 Å². The Morgan fingerprint density at radius 1 is 1.17 bits per heavy atom. The third-order valence-corrected chi connectivity index (χ3v) is 5.81. The van der Waals surface area contributed by atoms with Crippen LogP contribution in [-0.4, -0.2) is 59.8 Å². The molecule has 0 spiro atoms. The van der Waals surface area contributed by atoms with Gasteiger partial charge in [-0.1, -0.05) is 25.7 Å². The summed E-state index contributed by atoms with van der Waals surface area (Å²) >= 11 is 0. The SMILES string of the molecule is CCNC(=NCC1(O)CCCC1)NC1CCN(C2CCCC2)C1.I. The molecular formula is C18H35IN4O. The van der Waals surface area contributed by atoms with Gasteiger partial charge < -0.3 is 15.7 Å². The number of nitrogens with one attached hydrogen (secondary N) is 2. The molecule has 24 heavy (non-hydrogen) atoms. The molecule has 140 valence electrons. The fourth-order valence-electron chi connectivity index (χ4n) is 4.44. The lowest BCUT2D eigenvalue weighted by Gasteiger charge is -2.24. The molecular weight excluding hydrogens is 415 g/mol. The number of aliphatic hydroxyl groups is 1. The average molecular weight is 450 g/mol. The minimum atomic E-state index is -0.562. The van der Waals surface area contributed by atoms with E-state index in [1.165, 1.54) is 38.6 Å². The molecule has 2 saturated carbocycles. The average Bonchev–Trinajstić information content (AvgIpc) is 3.26. The molecule has 1 saturated heterocycles. The number of rotatable bonds is 5. The highest BCUT2D eigenvalue weighted by molar-refractivity contribution is 14.0. The molecule has 1 aliphatic heterocycles. The van der Waals surface area contributed by atoms with Crippen molar-refractivity contribution in [2.75, 3.05) is 26.2 Å². The Hall–Kier alpha value is -0.0800. The van der Waals surface area contributed by atoms with Gasteiger partial charge in [-0.25, -0.2) is 0 Å². The second kappa shape index (κ2) is 9.57. The second-order valence-electron chi connectivity index (χ2n) is 7.69. The maximum absolute atomic E-state index is 10.5. The molecule has 3 rings (SSSR count). The van der Waals surface area contributed by atoms with Crippen molar-refractivity contribution in [2.24, 2.45) is 4.99 Å². The number of likely N-dealkylation sites (tertiary alicyclic amines) is 1. The van der Waals surface area contributed by atoms with Gasteiger partial charge in [0.1, 0.15) is 0 Å². The molecule has 3 aliphatic rings. The molecule has 2 aliphatic carbocycles. The van der Waals surface area contributed by atoms with Gasteiger partial charge in [0.15, 0.2) is 5.96 Å². The van der Waals surface area contributed by atoms with E-state index in [4.69, 9.17) is 0 Å². The Morgan fingerprint density at radius 3 is 2.54 bits per heavy atom. The van der Waals surface area contributed by atoms with Gasteiger partial charge in [-0.05, 0) is 39.0 Å². The molecule has 1 heterocycles. The van der Waals surface area contributed by atoms with Crippen molar-refractivity contribution < 1.29 is 5.11 Å². The lowest BCUT2D eigenvalue weighted by Crippen LogP contribution is -2.46. The lowest BCUT2D eigenvalue weighted by molar-refractivity contribution is 0.0574. The zero-order valence-electron chi connectivity index (χ0n) is 15.1. The number of hydrogen-bond donors (Lipinski definition) is 3. The highest BCUT2D eigenvalue weighted by Gasteiger charge is 2.32. The largest absolute Gasteiger partial charge is 0.388 e. The van der Waals surface area contributed by atoms with E-state index in [-0.39, 0.29) is 24.0 Å². The van der Waals surface area contributed by atoms with Gasteiger partial charge in [0.2, 0.25) is 0 Å².